The highest BCUT2D eigenvalue weighted by Crippen LogP contribution is 2.23. The lowest BCUT2D eigenvalue weighted by Gasteiger charge is -2.14. The summed E-state index contributed by atoms with van der Waals surface area (Å²) in [7, 11) is 0. The van der Waals surface area contributed by atoms with Crippen LogP contribution >= 0.6 is 11.6 Å². The molecule has 0 aliphatic rings. The molecule has 1 heterocycles. The summed E-state index contributed by atoms with van der Waals surface area (Å²) in [6.45, 7) is 3.23. The van der Waals surface area contributed by atoms with Crippen molar-refractivity contribution in [3.05, 3.63) is 53.1 Å². The topological polar surface area (TPSA) is 83.1 Å². The Labute approximate surface area is 163 Å². The summed E-state index contributed by atoms with van der Waals surface area (Å²) in [6.07, 6.45) is -0.325. The van der Waals surface area contributed by atoms with E-state index in [4.69, 9.17) is 21.6 Å². The van der Waals surface area contributed by atoms with Crippen LogP contribution in [0.25, 0.3) is 11.0 Å². The summed E-state index contributed by atoms with van der Waals surface area (Å²) in [6, 6.07) is 15.0. The van der Waals surface area contributed by atoms with Gasteiger partial charge in [0.05, 0.1) is 23.5 Å². The Morgan fingerprint density at radius 1 is 1.30 bits per heavy atom. The summed E-state index contributed by atoms with van der Waals surface area (Å²) in [5.74, 6) is 1.35. The number of anilines is 1. The Balaban J connectivity index is 1.56. The number of hydrogen-bond donors (Lipinski definition) is 2. The van der Waals surface area contributed by atoms with Crippen LogP contribution in [-0.4, -0.2) is 33.9 Å². The molecule has 1 atom stereocenters. The minimum absolute atomic E-state index is 0.156. The molecular formula is C20H21ClN4O2. The van der Waals surface area contributed by atoms with E-state index in [1.807, 2.05) is 41.8 Å². The highest BCUT2D eigenvalue weighted by molar-refractivity contribution is 6.31. The number of ether oxygens (including phenoxy) is 1. The van der Waals surface area contributed by atoms with E-state index < -0.39 is 6.10 Å². The van der Waals surface area contributed by atoms with Crippen molar-refractivity contribution >= 4 is 28.6 Å². The maximum Gasteiger partial charge on any atom is 0.203 e. The number of benzene rings is 2. The van der Waals surface area contributed by atoms with Gasteiger partial charge in [0.25, 0.3) is 0 Å². The van der Waals surface area contributed by atoms with Crippen LogP contribution < -0.4 is 10.1 Å². The van der Waals surface area contributed by atoms with Crippen molar-refractivity contribution < 1.29 is 9.84 Å². The predicted molar refractivity (Wildman–Crippen MR) is 106 cm³/mol. The Morgan fingerprint density at radius 2 is 2.07 bits per heavy atom. The third kappa shape index (κ3) is 4.70. The lowest BCUT2D eigenvalue weighted by atomic mass is 10.2. The number of rotatable bonds is 8. The summed E-state index contributed by atoms with van der Waals surface area (Å²) in [5, 5.41) is 22.7. The van der Waals surface area contributed by atoms with Crippen LogP contribution in [0.15, 0.2) is 42.5 Å². The summed E-state index contributed by atoms with van der Waals surface area (Å²) in [5.41, 5.74) is 2.74. The zero-order chi connectivity index (χ0) is 19.2. The molecule has 0 saturated carbocycles. The van der Waals surface area contributed by atoms with Crippen LogP contribution in [-0.2, 0) is 13.0 Å². The second-order valence-electron chi connectivity index (χ2n) is 6.14. The van der Waals surface area contributed by atoms with E-state index in [0.29, 0.717) is 29.7 Å². The monoisotopic (exact) mass is 384 g/mol. The van der Waals surface area contributed by atoms with Gasteiger partial charge in [-0.1, -0.05) is 23.7 Å². The zero-order valence-electron chi connectivity index (χ0n) is 15.0. The van der Waals surface area contributed by atoms with Gasteiger partial charge >= 0.3 is 0 Å². The molecular weight excluding hydrogens is 364 g/mol. The van der Waals surface area contributed by atoms with E-state index in [1.165, 1.54) is 0 Å². The largest absolute Gasteiger partial charge is 0.491 e. The van der Waals surface area contributed by atoms with Crippen molar-refractivity contribution in [3.8, 4) is 11.8 Å². The van der Waals surface area contributed by atoms with Gasteiger partial charge in [0.1, 0.15) is 18.5 Å². The fourth-order valence-corrected chi connectivity index (χ4v) is 2.97. The molecule has 1 unspecified atom stereocenters. The fourth-order valence-electron chi connectivity index (χ4n) is 2.81. The number of nitrogens with zero attached hydrogens (tertiary/aromatic N) is 3. The number of aliphatic hydroxyl groups is 1. The minimum Gasteiger partial charge on any atom is -0.491 e. The molecule has 3 aromatic rings. The van der Waals surface area contributed by atoms with Crippen molar-refractivity contribution in [2.24, 2.45) is 0 Å². The van der Waals surface area contributed by atoms with Crippen LogP contribution in [0.5, 0.6) is 5.75 Å². The molecule has 3 rings (SSSR count). The second-order valence-corrected chi connectivity index (χ2v) is 6.57. The van der Waals surface area contributed by atoms with E-state index in [2.05, 4.69) is 16.4 Å². The molecule has 0 saturated heterocycles. The summed E-state index contributed by atoms with van der Waals surface area (Å²) < 4.78 is 7.62. The van der Waals surface area contributed by atoms with E-state index >= 15 is 0 Å². The maximum atomic E-state index is 10.2. The number of aliphatic hydroxyl groups excluding tert-OH is 1. The van der Waals surface area contributed by atoms with Gasteiger partial charge in [-0.3, -0.25) is 0 Å². The number of fused-ring (bicyclic) bond motifs is 1. The molecule has 2 aromatic carbocycles. The molecule has 2 N–H and O–H groups in total. The molecule has 0 aliphatic heterocycles. The average molecular weight is 385 g/mol. The van der Waals surface area contributed by atoms with Gasteiger partial charge in [0.15, 0.2) is 0 Å². The highest BCUT2D eigenvalue weighted by atomic mass is 35.5. The normalized spacial score (nSPS) is 11.9. The van der Waals surface area contributed by atoms with E-state index in [9.17, 15) is 5.11 Å². The standard InChI is InChI=1S/C20H21ClN4O2/c1-2-25-19-11-15(21)5-8-18(19)24-20(25)23-12-16(26)13-27-17-6-3-14(4-7-17)9-10-22/h3-8,11,16,26H,2,9,12-13H2,1H3,(H,23,24). The molecule has 0 amide bonds. The second kappa shape index (κ2) is 8.76. The van der Waals surface area contributed by atoms with Gasteiger partial charge in [-0.25, -0.2) is 4.98 Å². The molecule has 6 nitrogen and oxygen atoms in total. The average Bonchev–Trinajstić information content (AvgIpc) is 3.02. The van der Waals surface area contributed by atoms with Crippen LogP contribution in [0.3, 0.4) is 0 Å². The number of halogens is 1. The van der Waals surface area contributed by atoms with Crippen LogP contribution in [0.2, 0.25) is 5.02 Å². The van der Waals surface area contributed by atoms with Gasteiger partial charge in [0.2, 0.25) is 5.95 Å². The first-order valence-corrected chi connectivity index (χ1v) is 9.15. The predicted octanol–water partition coefficient (Wildman–Crippen LogP) is 3.63. The Hall–Kier alpha value is -2.75. The van der Waals surface area contributed by atoms with Crippen LogP contribution in [0.1, 0.15) is 12.5 Å². The van der Waals surface area contributed by atoms with Crippen molar-refractivity contribution in [2.45, 2.75) is 26.0 Å². The SMILES string of the molecule is CCn1c(NCC(O)COc2ccc(CC#N)cc2)nc2ccc(Cl)cc21. The van der Waals surface area contributed by atoms with Gasteiger partial charge in [-0.2, -0.15) is 5.26 Å². The smallest absolute Gasteiger partial charge is 0.203 e. The van der Waals surface area contributed by atoms with Crippen LogP contribution in [0.4, 0.5) is 5.95 Å². The van der Waals surface area contributed by atoms with E-state index in [0.717, 1.165) is 23.1 Å². The Bertz CT molecular complexity index is 947. The number of imidazole rings is 1. The first-order chi connectivity index (χ1) is 13.1. The van der Waals surface area contributed by atoms with Gasteiger partial charge in [-0.15, -0.1) is 0 Å². The molecule has 7 heteroatoms. The third-order valence-corrected chi connectivity index (χ3v) is 4.41. The van der Waals surface area contributed by atoms with Crippen molar-refractivity contribution in [3.63, 3.8) is 0 Å². The van der Waals surface area contributed by atoms with Gasteiger partial charge in [-0.05, 0) is 42.8 Å². The first-order valence-electron chi connectivity index (χ1n) is 8.77. The Morgan fingerprint density at radius 3 is 2.78 bits per heavy atom. The number of nitrogens with one attached hydrogen (secondary N) is 1. The Kier molecular flexibility index (Phi) is 6.17. The fraction of sp³-hybridized carbons (Fsp3) is 0.300. The molecule has 0 aliphatic carbocycles. The first kappa shape index (κ1) is 19.0. The molecule has 0 bridgehead atoms. The van der Waals surface area contributed by atoms with Crippen molar-refractivity contribution in [1.29, 1.82) is 5.26 Å². The van der Waals surface area contributed by atoms with Gasteiger partial charge < -0.3 is 19.7 Å². The summed E-state index contributed by atoms with van der Waals surface area (Å²) in [4.78, 5) is 4.56. The highest BCUT2D eigenvalue weighted by Gasteiger charge is 2.12. The molecule has 140 valence electrons. The lowest BCUT2D eigenvalue weighted by Crippen LogP contribution is -2.27. The van der Waals surface area contributed by atoms with Crippen molar-refractivity contribution in [2.75, 3.05) is 18.5 Å². The number of aryl methyl sites for hydroxylation is 1. The zero-order valence-corrected chi connectivity index (χ0v) is 15.8. The summed E-state index contributed by atoms with van der Waals surface area (Å²) >= 11 is 6.08. The lowest BCUT2D eigenvalue weighted by molar-refractivity contribution is 0.117. The van der Waals surface area contributed by atoms with E-state index in [-0.39, 0.29) is 6.61 Å². The molecule has 0 fully saturated rings. The number of hydrogen-bond acceptors (Lipinski definition) is 5. The van der Waals surface area contributed by atoms with Crippen molar-refractivity contribution in [1.82, 2.24) is 9.55 Å². The molecule has 0 spiro atoms. The number of nitriles is 1. The van der Waals surface area contributed by atoms with Crippen LogP contribution in [0, 0.1) is 11.3 Å². The molecule has 27 heavy (non-hydrogen) atoms. The number of aromatic nitrogens is 2. The van der Waals surface area contributed by atoms with E-state index in [1.54, 1.807) is 12.1 Å². The molecule has 1 aromatic heterocycles. The quantitative estimate of drug-likeness (QED) is 0.619. The minimum atomic E-state index is -0.697. The van der Waals surface area contributed by atoms with Gasteiger partial charge in [0, 0.05) is 18.1 Å². The molecule has 0 radical (unpaired) electrons. The maximum absolute atomic E-state index is 10.2. The third-order valence-electron chi connectivity index (χ3n) is 4.17.